The fourth-order valence-corrected chi connectivity index (χ4v) is 2.63. The second-order valence-electron chi connectivity index (χ2n) is 4.67. The minimum atomic E-state index is -0.824. The van der Waals surface area contributed by atoms with Crippen LogP contribution < -0.4 is 5.73 Å². The molecule has 0 spiro atoms. The van der Waals surface area contributed by atoms with Gasteiger partial charge in [-0.25, -0.2) is 0 Å². The predicted octanol–water partition coefficient (Wildman–Crippen LogP) is 2.44. The van der Waals surface area contributed by atoms with E-state index < -0.39 is 11.9 Å². The first-order valence-corrected chi connectivity index (χ1v) is 6.78. The Balaban J connectivity index is 0.000000775. The number of rotatable bonds is 3. The van der Waals surface area contributed by atoms with Crippen molar-refractivity contribution in [1.82, 2.24) is 4.57 Å². The van der Waals surface area contributed by atoms with Gasteiger partial charge in [-0.2, -0.15) is 0 Å². The lowest BCUT2D eigenvalue weighted by molar-refractivity contribution is -0.138. The summed E-state index contributed by atoms with van der Waals surface area (Å²) in [5, 5.41) is 9.13. The lowest BCUT2D eigenvalue weighted by Gasteiger charge is -2.05. The number of aliphatic carboxylic acids is 1. The van der Waals surface area contributed by atoms with Crippen LogP contribution >= 0.6 is 17.0 Å². The number of hydrogen-bond donors (Lipinski definition) is 2. The zero-order valence-electron chi connectivity index (χ0n) is 12.2. The van der Waals surface area contributed by atoms with Gasteiger partial charge in [-0.05, 0) is 25.6 Å². The fraction of sp³-hybridized carbons (Fsp3) is 0.250. The van der Waals surface area contributed by atoms with Crippen molar-refractivity contribution in [3.63, 3.8) is 0 Å². The Hall–Kier alpha value is -1.92. The first-order valence-electron chi connectivity index (χ1n) is 6.78. The van der Waals surface area contributed by atoms with E-state index in [1.165, 1.54) is 7.05 Å². The van der Waals surface area contributed by atoms with Gasteiger partial charge in [-0.15, -0.1) is 17.0 Å². The van der Waals surface area contributed by atoms with E-state index in [1.54, 1.807) is 24.3 Å². The molecule has 1 aromatic carbocycles. The highest BCUT2D eigenvalue weighted by Crippen LogP contribution is 2.31. The second kappa shape index (κ2) is 7.91. The molecule has 3 rings (SSSR count). The predicted molar refractivity (Wildman–Crippen MR) is 89.7 cm³/mol. The van der Waals surface area contributed by atoms with Gasteiger partial charge in [0.2, 0.25) is 5.78 Å². The van der Waals surface area contributed by atoms with Gasteiger partial charge in [0.1, 0.15) is 0 Å². The van der Waals surface area contributed by atoms with Crippen LogP contribution in [0.1, 0.15) is 34.1 Å². The van der Waals surface area contributed by atoms with Crippen molar-refractivity contribution in [1.29, 1.82) is 0 Å². The Morgan fingerprint density at radius 1 is 1.14 bits per heavy atom. The molecular formula is C16H19BrN2O3. The molecule has 6 heteroatoms. The molecule has 2 heterocycles. The number of carboxylic acid groups (broad SMARTS) is 1. The Labute approximate surface area is 139 Å². The van der Waals surface area contributed by atoms with E-state index in [4.69, 9.17) is 5.11 Å². The van der Waals surface area contributed by atoms with E-state index in [9.17, 15) is 9.59 Å². The second-order valence-corrected chi connectivity index (χ2v) is 4.67. The number of carbonyl (C=O) groups excluding carboxylic acids is 1. The topological polar surface area (TPSA) is 85.3 Å². The van der Waals surface area contributed by atoms with Crippen LogP contribution in [0.25, 0.3) is 0 Å². The highest BCUT2D eigenvalue weighted by atomic mass is 79.9. The normalized spacial score (nSPS) is 15.1. The Morgan fingerprint density at radius 2 is 1.77 bits per heavy atom. The van der Waals surface area contributed by atoms with E-state index in [1.807, 2.05) is 22.8 Å². The van der Waals surface area contributed by atoms with Crippen LogP contribution in [0.5, 0.6) is 0 Å². The van der Waals surface area contributed by atoms with E-state index in [2.05, 4.69) is 5.73 Å². The summed E-state index contributed by atoms with van der Waals surface area (Å²) in [5.41, 5.74) is 6.43. The van der Waals surface area contributed by atoms with Gasteiger partial charge < -0.3 is 15.4 Å². The summed E-state index contributed by atoms with van der Waals surface area (Å²) >= 11 is 0. The van der Waals surface area contributed by atoms with Gasteiger partial charge in [0.15, 0.2) is 0 Å². The van der Waals surface area contributed by atoms with Crippen LogP contribution in [-0.4, -0.2) is 28.5 Å². The molecule has 2 aromatic rings. The Morgan fingerprint density at radius 3 is 2.36 bits per heavy atom. The van der Waals surface area contributed by atoms with E-state index in [0.717, 1.165) is 5.69 Å². The van der Waals surface area contributed by atoms with Crippen LogP contribution in [0, 0.1) is 0 Å². The molecule has 22 heavy (non-hydrogen) atoms. The number of hydrogen-bond acceptors (Lipinski definition) is 3. The molecule has 0 bridgehead atoms. The summed E-state index contributed by atoms with van der Waals surface area (Å²) in [5.74, 6) is -1.37. The quantitative estimate of drug-likeness (QED) is 0.816. The molecule has 3 N–H and O–H groups in total. The monoisotopic (exact) mass is 366 g/mol. The van der Waals surface area contributed by atoms with Crippen molar-refractivity contribution in [2.75, 3.05) is 7.05 Å². The van der Waals surface area contributed by atoms with Crippen molar-refractivity contribution < 1.29 is 14.7 Å². The maximum absolute atomic E-state index is 12.4. The number of nitrogens with zero attached hydrogens (tertiary/aromatic N) is 1. The SMILES string of the molecule is Br.CN.O=C(c1ccccc1)c1ccc2n1CCC2C(=O)O. The number of fused-ring (bicyclic) bond motifs is 1. The van der Waals surface area contributed by atoms with Crippen molar-refractivity contribution in [2.24, 2.45) is 5.73 Å². The molecule has 1 unspecified atom stereocenters. The molecule has 0 aliphatic carbocycles. The van der Waals surface area contributed by atoms with Gasteiger partial charge in [0.05, 0.1) is 11.6 Å². The molecule has 118 valence electrons. The van der Waals surface area contributed by atoms with Crippen LogP contribution in [0.4, 0.5) is 0 Å². The molecule has 1 aromatic heterocycles. The summed E-state index contributed by atoms with van der Waals surface area (Å²) in [6.45, 7) is 0.590. The molecule has 0 radical (unpaired) electrons. The van der Waals surface area contributed by atoms with E-state index in [0.29, 0.717) is 24.2 Å². The number of carbonyl (C=O) groups is 2. The molecule has 0 fully saturated rings. The molecule has 1 atom stereocenters. The number of carboxylic acids is 1. The maximum Gasteiger partial charge on any atom is 0.312 e. The number of halogens is 1. The minimum Gasteiger partial charge on any atom is -0.481 e. The third kappa shape index (κ3) is 3.28. The summed E-state index contributed by atoms with van der Waals surface area (Å²) in [6.07, 6.45) is 0.556. The Kier molecular flexibility index (Phi) is 6.52. The average molecular weight is 367 g/mol. The first kappa shape index (κ1) is 18.1. The van der Waals surface area contributed by atoms with Crippen molar-refractivity contribution in [2.45, 2.75) is 18.9 Å². The number of aromatic nitrogens is 1. The van der Waals surface area contributed by atoms with Gasteiger partial charge in [-0.3, -0.25) is 9.59 Å². The third-order valence-electron chi connectivity index (χ3n) is 3.58. The Bertz CT molecular complexity index is 653. The standard InChI is InChI=1S/C15H13NO3.CH5N.BrH/c17-14(10-4-2-1-3-5-10)13-7-6-12-11(15(18)19)8-9-16(12)13;1-2;/h1-7,11H,8-9H2,(H,18,19);2H2,1H3;1H. The molecule has 5 nitrogen and oxygen atoms in total. The minimum absolute atomic E-state index is 0. The molecule has 0 saturated heterocycles. The summed E-state index contributed by atoms with van der Waals surface area (Å²) in [4.78, 5) is 23.5. The van der Waals surface area contributed by atoms with Gasteiger partial charge in [0, 0.05) is 17.8 Å². The molecular weight excluding hydrogens is 348 g/mol. The lowest BCUT2D eigenvalue weighted by Crippen LogP contribution is -2.09. The fourth-order valence-electron chi connectivity index (χ4n) is 2.63. The number of nitrogens with two attached hydrogens (primary N) is 1. The smallest absolute Gasteiger partial charge is 0.312 e. The molecule has 0 amide bonds. The van der Waals surface area contributed by atoms with Crippen LogP contribution in [0.2, 0.25) is 0 Å². The van der Waals surface area contributed by atoms with Crippen molar-refractivity contribution >= 4 is 28.7 Å². The van der Waals surface area contributed by atoms with E-state index >= 15 is 0 Å². The average Bonchev–Trinajstić information content (AvgIpc) is 3.10. The van der Waals surface area contributed by atoms with Gasteiger partial charge in [-0.1, -0.05) is 30.3 Å². The first-order chi connectivity index (χ1) is 10.2. The summed E-state index contributed by atoms with van der Waals surface area (Å²) in [7, 11) is 1.50. The zero-order chi connectivity index (χ0) is 15.4. The largest absolute Gasteiger partial charge is 0.481 e. The van der Waals surface area contributed by atoms with E-state index in [-0.39, 0.29) is 22.8 Å². The van der Waals surface area contributed by atoms with Crippen molar-refractivity contribution in [3.8, 4) is 0 Å². The maximum atomic E-state index is 12.4. The molecule has 1 aliphatic heterocycles. The van der Waals surface area contributed by atoms with Crippen molar-refractivity contribution in [3.05, 3.63) is 59.4 Å². The summed E-state index contributed by atoms with van der Waals surface area (Å²) < 4.78 is 1.83. The third-order valence-corrected chi connectivity index (χ3v) is 3.58. The molecule has 0 saturated carbocycles. The van der Waals surface area contributed by atoms with Gasteiger partial charge in [0.25, 0.3) is 0 Å². The summed E-state index contributed by atoms with van der Waals surface area (Å²) in [6, 6.07) is 12.5. The highest BCUT2D eigenvalue weighted by molar-refractivity contribution is 8.93. The van der Waals surface area contributed by atoms with Crippen LogP contribution in [-0.2, 0) is 11.3 Å². The number of benzene rings is 1. The highest BCUT2D eigenvalue weighted by Gasteiger charge is 2.31. The lowest BCUT2D eigenvalue weighted by atomic mass is 10.1. The van der Waals surface area contributed by atoms with Crippen LogP contribution in [0.3, 0.4) is 0 Å². The zero-order valence-corrected chi connectivity index (χ0v) is 13.9. The molecule has 1 aliphatic rings. The number of ketones is 1. The van der Waals surface area contributed by atoms with Crippen LogP contribution in [0.15, 0.2) is 42.5 Å². The van der Waals surface area contributed by atoms with Gasteiger partial charge >= 0.3 is 5.97 Å².